The van der Waals surface area contributed by atoms with Crippen molar-refractivity contribution in [2.45, 2.75) is 38.7 Å². The summed E-state index contributed by atoms with van der Waals surface area (Å²) in [6, 6.07) is 3.84. The summed E-state index contributed by atoms with van der Waals surface area (Å²) in [7, 11) is 1.81. The molecule has 3 rings (SSSR count). The van der Waals surface area contributed by atoms with Crippen molar-refractivity contribution >= 4 is 18.3 Å². The van der Waals surface area contributed by atoms with Gasteiger partial charge in [0.15, 0.2) is 0 Å². The molecule has 2 aliphatic rings. The van der Waals surface area contributed by atoms with E-state index < -0.39 is 5.91 Å². The van der Waals surface area contributed by atoms with Gasteiger partial charge in [0.05, 0.1) is 0 Å². The normalized spacial score (nSPS) is 29.3. The molecular formula is C19H30ClN3O2. The van der Waals surface area contributed by atoms with Gasteiger partial charge in [0.1, 0.15) is 11.3 Å². The van der Waals surface area contributed by atoms with Crippen molar-refractivity contribution in [1.29, 1.82) is 0 Å². The number of ether oxygens (including phenoxy) is 1. The minimum absolute atomic E-state index is 0. The van der Waals surface area contributed by atoms with Crippen molar-refractivity contribution in [1.82, 2.24) is 9.88 Å². The lowest BCUT2D eigenvalue weighted by molar-refractivity contribution is -0.170. The van der Waals surface area contributed by atoms with E-state index in [4.69, 9.17) is 10.5 Å². The highest BCUT2D eigenvalue weighted by Gasteiger charge is 2.53. The number of aromatic nitrogens is 1. The number of rotatable bonds is 5. The number of carbonyl (C=O) groups excluding carboxylic acids is 1. The lowest BCUT2D eigenvalue weighted by atomic mass is 9.62. The molecule has 3 atom stereocenters. The summed E-state index contributed by atoms with van der Waals surface area (Å²) in [5.74, 6) is 1.07. The Kier molecular flexibility index (Phi) is 6.46. The topological polar surface area (TPSA) is 68.5 Å². The molecule has 1 saturated carbocycles. The van der Waals surface area contributed by atoms with Crippen LogP contribution in [-0.4, -0.2) is 42.5 Å². The average molecular weight is 368 g/mol. The SMILES string of the molecule is CO[C@]1(c2ccnc(C(N)=O)c2)[C@@H]2CCC[C@H]1CN(CC(C)C)C2.Cl. The predicted octanol–water partition coefficient (Wildman–Crippen LogP) is 2.83. The van der Waals surface area contributed by atoms with Crippen LogP contribution >= 0.6 is 12.4 Å². The molecule has 1 amide bonds. The maximum absolute atomic E-state index is 11.6. The number of pyridine rings is 1. The molecule has 140 valence electrons. The smallest absolute Gasteiger partial charge is 0.267 e. The Balaban J connectivity index is 0.00000225. The molecule has 6 heteroatoms. The maximum atomic E-state index is 11.6. The van der Waals surface area contributed by atoms with E-state index in [0.29, 0.717) is 23.4 Å². The Hall–Kier alpha value is -1.17. The fourth-order valence-electron chi connectivity index (χ4n) is 4.92. The molecular weight excluding hydrogens is 338 g/mol. The van der Waals surface area contributed by atoms with Crippen LogP contribution < -0.4 is 5.73 Å². The summed E-state index contributed by atoms with van der Waals surface area (Å²) >= 11 is 0. The number of methoxy groups -OCH3 is 1. The van der Waals surface area contributed by atoms with Gasteiger partial charge in [-0.2, -0.15) is 0 Å². The Morgan fingerprint density at radius 1 is 1.40 bits per heavy atom. The Morgan fingerprint density at radius 3 is 2.56 bits per heavy atom. The second-order valence-electron chi connectivity index (χ2n) is 7.73. The first-order chi connectivity index (χ1) is 11.5. The van der Waals surface area contributed by atoms with Crippen LogP contribution in [0, 0.1) is 17.8 Å². The molecule has 1 aliphatic heterocycles. The standard InChI is InChI=1S/C19H29N3O2.ClH/c1-13(2)10-22-11-15-5-4-6-16(12-22)19(15,24-3)14-7-8-21-17(9-14)18(20)23;/h7-9,13,15-16H,4-6,10-12H2,1-3H3,(H2,20,23);1H/t15-,16+,19-;. The lowest BCUT2D eigenvalue weighted by Gasteiger charge is -2.55. The maximum Gasteiger partial charge on any atom is 0.267 e. The van der Waals surface area contributed by atoms with Crippen LogP contribution in [0.5, 0.6) is 0 Å². The predicted molar refractivity (Wildman–Crippen MR) is 101 cm³/mol. The molecule has 0 aromatic carbocycles. The number of halogens is 1. The van der Waals surface area contributed by atoms with Gasteiger partial charge in [-0.15, -0.1) is 12.4 Å². The number of hydrogen-bond donors (Lipinski definition) is 1. The van der Waals surface area contributed by atoms with Gasteiger partial charge in [-0.05, 0) is 36.5 Å². The quantitative estimate of drug-likeness (QED) is 0.868. The van der Waals surface area contributed by atoms with E-state index in [2.05, 4.69) is 23.7 Å². The van der Waals surface area contributed by atoms with Crippen LogP contribution in [-0.2, 0) is 10.3 Å². The van der Waals surface area contributed by atoms with Gasteiger partial charge in [-0.3, -0.25) is 9.78 Å². The van der Waals surface area contributed by atoms with Gasteiger partial charge in [-0.25, -0.2) is 0 Å². The van der Waals surface area contributed by atoms with Gasteiger partial charge in [0.25, 0.3) is 5.91 Å². The second kappa shape index (κ2) is 8.02. The number of piperidine rings is 1. The van der Waals surface area contributed by atoms with Crippen molar-refractivity contribution in [3.8, 4) is 0 Å². The molecule has 1 aromatic heterocycles. The fourth-order valence-corrected chi connectivity index (χ4v) is 4.92. The minimum Gasteiger partial charge on any atom is -0.373 e. The zero-order valence-electron chi connectivity index (χ0n) is 15.4. The third-order valence-corrected chi connectivity index (χ3v) is 5.70. The zero-order chi connectivity index (χ0) is 17.3. The van der Waals surface area contributed by atoms with Crippen LogP contribution in [0.4, 0.5) is 0 Å². The van der Waals surface area contributed by atoms with Crippen molar-refractivity contribution in [3.05, 3.63) is 29.6 Å². The number of fused-ring (bicyclic) bond motifs is 2. The summed E-state index contributed by atoms with van der Waals surface area (Å²) < 4.78 is 6.21. The van der Waals surface area contributed by atoms with Gasteiger partial charge in [-0.1, -0.05) is 20.3 Å². The Bertz CT molecular complexity index is 594. The van der Waals surface area contributed by atoms with Crippen LogP contribution in [0.1, 0.15) is 49.2 Å². The van der Waals surface area contributed by atoms with E-state index in [1.807, 2.05) is 19.2 Å². The van der Waals surface area contributed by atoms with Crippen molar-refractivity contribution in [2.24, 2.45) is 23.5 Å². The van der Waals surface area contributed by atoms with E-state index in [9.17, 15) is 4.79 Å². The first-order valence-corrected chi connectivity index (χ1v) is 9.01. The van der Waals surface area contributed by atoms with Crippen LogP contribution in [0.3, 0.4) is 0 Å². The highest BCUT2D eigenvalue weighted by molar-refractivity contribution is 5.90. The molecule has 0 radical (unpaired) electrons. The Morgan fingerprint density at radius 2 is 2.04 bits per heavy atom. The molecule has 2 bridgehead atoms. The monoisotopic (exact) mass is 367 g/mol. The number of nitrogens with zero attached hydrogens (tertiary/aromatic N) is 2. The van der Waals surface area contributed by atoms with Crippen LogP contribution in [0.15, 0.2) is 18.3 Å². The first kappa shape index (κ1) is 20.1. The molecule has 1 aromatic rings. The van der Waals surface area contributed by atoms with E-state index in [1.165, 1.54) is 6.42 Å². The molecule has 25 heavy (non-hydrogen) atoms. The van der Waals surface area contributed by atoms with Gasteiger partial charge in [0.2, 0.25) is 0 Å². The second-order valence-corrected chi connectivity index (χ2v) is 7.73. The van der Waals surface area contributed by atoms with Gasteiger partial charge in [0, 0.05) is 44.8 Å². The minimum atomic E-state index is -0.481. The molecule has 2 fully saturated rings. The molecule has 2 N–H and O–H groups in total. The van der Waals surface area contributed by atoms with Crippen LogP contribution in [0.25, 0.3) is 0 Å². The van der Waals surface area contributed by atoms with Gasteiger partial charge < -0.3 is 15.4 Å². The van der Waals surface area contributed by atoms with Crippen molar-refractivity contribution < 1.29 is 9.53 Å². The summed E-state index contributed by atoms with van der Waals surface area (Å²) in [6.45, 7) is 7.79. The summed E-state index contributed by atoms with van der Waals surface area (Å²) in [6.07, 6.45) is 5.26. The fraction of sp³-hybridized carbons (Fsp3) is 0.684. The highest BCUT2D eigenvalue weighted by atomic mass is 35.5. The number of amides is 1. The largest absolute Gasteiger partial charge is 0.373 e. The summed E-state index contributed by atoms with van der Waals surface area (Å²) in [4.78, 5) is 18.3. The van der Waals surface area contributed by atoms with Gasteiger partial charge >= 0.3 is 0 Å². The highest BCUT2D eigenvalue weighted by Crippen LogP contribution is 2.51. The molecule has 0 spiro atoms. The molecule has 5 nitrogen and oxygen atoms in total. The van der Waals surface area contributed by atoms with E-state index in [0.717, 1.165) is 38.0 Å². The number of primary amides is 1. The third-order valence-electron chi connectivity index (χ3n) is 5.70. The third kappa shape index (κ3) is 3.69. The Labute approximate surface area is 156 Å². The summed E-state index contributed by atoms with van der Waals surface area (Å²) in [5.41, 5.74) is 6.51. The number of hydrogen-bond acceptors (Lipinski definition) is 4. The lowest BCUT2D eigenvalue weighted by Crippen LogP contribution is -2.59. The first-order valence-electron chi connectivity index (χ1n) is 9.01. The van der Waals surface area contributed by atoms with Crippen LogP contribution in [0.2, 0.25) is 0 Å². The molecule has 2 heterocycles. The van der Waals surface area contributed by atoms with E-state index >= 15 is 0 Å². The summed E-state index contributed by atoms with van der Waals surface area (Å²) in [5, 5.41) is 0. The number of carbonyl (C=O) groups is 1. The van der Waals surface area contributed by atoms with E-state index in [-0.39, 0.29) is 18.0 Å². The van der Waals surface area contributed by atoms with Crippen molar-refractivity contribution in [2.75, 3.05) is 26.7 Å². The van der Waals surface area contributed by atoms with Crippen molar-refractivity contribution in [3.63, 3.8) is 0 Å². The number of likely N-dealkylation sites (tertiary alicyclic amines) is 1. The molecule has 1 saturated heterocycles. The molecule has 1 aliphatic carbocycles. The average Bonchev–Trinajstić information content (AvgIpc) is 2.53. The van der Waals surface area contributed by atoms with E-state index in [1.54, 1.807) is 6.20 Å². The zero-order valence-corrected chi connectivity index (χ0v) is 16.2. The number of nitrogens with two attached hydrogens (primary N) is 1. The molecule has 0 unspecified atom stereocenters.